The van der Waals surface area contributed by atoms with Crippen molar-refractivity contribution in [2.45, 2.75) is 25.8 Å². The van der Waals surface area contributed by atoms with Crippen LogP contribution in [0.2, 0.25) is 0 Å². The predicted molar refractivity (Wildman–Crippen MR) is 103 cm³/mol. The van der Waals surface area contributed by atoms with Gasteiger partial charge >= 0.3 is 0 Å². The van der Waals surface area contributed by atoms with Crippen molar-refractivity contribution in [3.63, 3.8) is 0 Å². The van der Waals surface area contributed by atoms with E-state index in [-0.39, 0.29) is 11.9 Å². The zero-order valence-corrected chi connectivity index (χ0v) is 15.8. The van der Waals surface area contributed by atoms with E-state index in [9.17, 15) is 4.79 Å². The summed E-state index contributed by atoms with van der Waals surface area (Å²) in [6, 6.07) is 13.7. The van der Waals surface area contributed by atoms with Crippen LogP contribution in [0.5, 0.6) is 17.2 Å². The van der Waals surface area contributed by atoms with Gasteiger partial charge in [-0.3, -0.25) is 4.79 Å². The van der Waals surface area contributed by atoms with Crippen LogP contribution in [0.4, 0.5) is 0 Å². The molecule has 5 heteroatoms. The third kappa shape index (κ3) is 3.72. The summed E-state index contributed by atoms with van der Waals surface area (Å²) in [6.45, 7) is 3.81. The zero-order valence-electron chi connectivity index (χ0n) is 15.8. The van der Waals surface area contributed by atoms with Crippen LogP contribution in [0.1, 0.15) is 41.7 Å². The van der Waals surface area contributed by atoms with Crippen LogP contribution in [0.3, 0.4) is 0 Å². The molecule has 1 atom stereocenters. The van der Waals surface area contributed by atoms with E-state index >= 15 is 0 Å². The number of hydrogen-bond donors (Lipinski definition) is 0. The minimum absolute atomic E-state index is 0.00139. The van der Waals surface area contributed by atoms with Crippen molar-refractivity contribution in [1.82, 2.24) is 4.90 Å². The number of methoxy groups -OCH3 is 1. The number of rotatable bonds is 6. The monoisotopic (exact) mass is 367 g/mol. The van der Waals surface area contributed by atoms with Crippen molar-refractivity contribution in [3.05, 3.63) is 53.6 Å². The predicted octanol–water partition coefficient (Wildman–Crippen LogP) is 4.08. The van der Waals surface area contributed by atoms with Gasteiger partial charge in [0.15, 0.2) is 11.5 Å². The number of nitrogens with zero attached hydrogens (tertiary/aromatic N) is 1. The van der Waals surface area contributed by atoms with E-state index in [4.69, 9.17) is 14.2 Å². The molecule has 142 valence electrons. The van der Waals surface area contributed by atoms with E-state index < -0.39 is 0 Å². The summed E-state index contributed by atoms with van der Waals surface area (Å²) in [6.07, 6.45) is 2.38. The first kappa shape index (κ1) is 17.7. The number of carbonyl (C=O) groups is 1. The summed E-state index contributed by atoms with van der Waals surface area (Å²) in [5.41, 5.74) is 1.70. The normalized spacial score (nSPS) is 16.5. The summed E-state index contributed by atoms with van der Waals surface area (Å²) in [5.74, 6) is 2.27. The van der Waals surface area contributed by atoms with Crippen LogP contribution in [0, 0.1) is 5.92 Å². The van der Waals surface area contributed by atoms with E-state index in [1.807, 2.05) is 23.1 Å². The van der Waals surface area contributed by atoms with Gasteiger partial charge in [0.25, 0.3) is 5.91 Å². The highest BCUT2D eigenvalue weighted by atomic mass is 16.6. The fourth-order valence-electron chi connectivity index (χ4n) is 3.47. The van der Waals surface area contributed by atoms with Crippen molar-refractivity contribution < 1.29 is 19.0 Å². The van der Waals surface area contributed by atoms with Crippen LogP contribution in [0.25, 0.3) is 0 Å². The number of fused-ring (bicyclic) bond motifs is 1. The molecule has 1 unspecified atom stereocenters. The van der Waals surface area contributed by atoms with Crippen LogP contribution >= 0.6 is 0 Å². The molecule has 2 aromatic carbocycles. The van der Waals surface area contributed by atoms with Gasteiger partial charge in [-0.25, -0.2) is 0 Å². The van der Waals surface area contributed by atoms with Crippen molar-refractivity contribution in [3.8, 4) is 17.2 Å². The molecule has 2 aliphatic rings. The van der Waals surface area contributed by atoms with Crippen molar-refractivity contribution >= 4 is 5.91 Å². The molecule has 0 bridgehead atoms. The minimum atomic E-state index is -0.00599. The van der Waals surface area contributed by atoms with Gasteiger partial charge in [-0.2, -0.15) is 0 Å². The molecule has 27 heavy (non-hydrogen) atoms. The summed E-state index contributed by atoms with van der Waals surface area (Å²) >= 11 is 0. The second-order valence-electron chi connectivity index (χ2n) is 7.19. The number of amides is 1. The van der Waals surface area contributed by atoms with E-state index in [1.54, 1.807) is 19.2 Å². The Morgan fingerprint density at radius 2 is 1.93 bits per heavy atom. The number of ether oxygens (including phenoxy) is 3. The molecule has 0 N–H and O–H groups in total. The van der Waals surface area contributed by atoms with E-state index in [2.05, 4.69) is 19.1 Å². The summed E-state index contributed by atoms with van der Waals surface area (Å²) in [7, 11) is 1.58. The molecule has 1 aliphatic heterocycles. The maximum atomic E-state index is 13.5. The lowest BCUT2D eigenvalue weighted by Crippen LogP contribution is -2.35. The summed E-state index contributed by atoms with van der Waals surface area (Å²) in [5, 5.41) is 0. The first-order valence-electron chi connectivity index (χ1n) is 9.51. The van der Waals surface area contributed by atoms with Crippen molar-refractivity contribution in [1.29, 1.82) is 0 Å². The standard InChI is InChI=1S/C22H25NO4/c1-15(17-6-4-3-5-7-17)23(14-16-8-9-16)22(24)18-12-19(25-2)21-20(13-18)26-10-11-27-21/h3-7,12-13,15-16H,8-11,14H2,1-2H3. The highest BCUT2D eigenvalue weighted by molar-refractivity contribution is 5.96. The highest BCUT2D eigenvalue weighted by Crippen LogP contribution is 2.41. The third-order valence-corrected chi connectivity index (χ3v) is 5.24. The largest absolute Gasteiger partial charge is 0.493 e. The lowest BCUT2D eigenvalue weighted by atomic mass is 10.0. The van der Waals surface area contributed by atoms with E-state index in [0.717, 1.165) is 12.1 Å². The van der Waals surface area contributed by atoms with Gasteiger partial charge in [-0.1, -0.05) is 30.3 Å². The van der Waals surface area contributed by atoms with E-state index in [1.165, 1.54) is 12.8 Å². The Bertz CT molecular complexity index is 799. The first-order chi connectivity index (χ1) is 13.2. The molecule has 0 radical (unpaired) electrons. The Kier molecular flexibility index (Phi) is 4.92. The third-order valence-electron chi connectivity index (χ3n) is 5.24. The Balaban J connectivity index is 1.67. The van der Waals surface area contributed by atoms with Gasteiger partial charge in [0.2, 0.25) is 5.75 Å². The van der Waals surface area contributed by atoms with Gasteiger partial charge < -0.3 is 19.1 Å². The molecule has 1 fully saturated rings. The molecular weight excluding hydrogens is 342 g/mol. The number of carbonyl (C=O) groups excluding carboxylic acids is 1. The van der Waals surface area contributed by atoms with Crippen LogP contribution < -0.4 is 14.2 Å². The van der Waals surface area contributed by atoms with Gasteiger partial charge in [-0.05, 0) is 43.4 Å². The molecule has 4 rings (SSSR count). The van der Waals surface area contributed by atoms with Gasteiger partial charge in [0, 0.05) is 12.1 Å². The molecule has 0 aromatic heterocycles. The fourth-order valence-corrected chi connectivity index (χ4v) is 3.47. The fraction of sp³-hybridized carbons (Fsp3) is 0.409. The SMILES string of the molecule is COc1cc(C(=O)N(CC2CC2)C(C)c2ccccc2)cc2c1OCCO2. The Morgan fingerprint density at radius 1 is 1.19 bits per heavy atom. The average Bonchev–Trinajstić information content (AvgIpc) is 3.55. The number of benzene rings is 2. The molecule has 1 saturated carbocycles. The molecular formula is C22H25NO4. The maximum Gasteiger partial charge on any atom is 0.254 e. The average molecular weight is 367 g/mol. The highest BCUT2D eigenvalue weighted by Gasteiger charge is 2.32. The second kappa shape index (κ2) is 7.51. The van der Waals surface area contributed by atoms with Crippen LogP contribution in [0.15, 0.2) is 42.5 Å². The van der Waals surface area contributed by atoms with E-state index in [0.29, 0.717) is 41.9 Å². The lowest BCUT2D eigenvalue weighted by Gasteiger charge is -2.30. The van der Waals surface area contributed by atoms with Gasteiger partial charge in [-0.15, -0.1) is 0 Å². The van der Waals surface area contributed by atoms with Gasteiger partial charge in [0.1, 0.15) is 13.2 Å². The molecule has 5 nitrogen and oxygen atoms in total. The molecule has 1 aliphatic carbocycles. The Labute approximate surface area is 159 Å². The molecule has 0 saturated heterocycles. The molecule has 1 heterocycles. The van der Waals surface area contributed by atoms with Gasteiger partial charge in [0.05, 0.1) is 13.2 Å². The smallest absolute Gasteiger partial charge is 0.254 e. The molecule has 2 aromatic rings. The topological polar surface area (TPSA) is 48.0 Å². The maximum absolute atomic E-state index is 13.5. The van der Waals surface area contributed by atoms with Crippen molar-refractivity contribution in [2.24, 2.45) is 5.92 Å². The zero-order chi connectivity index (χ0) is 18.8. The summed E-state index contributed by atoms with van der Waals surface area (Å²) < 4.78 is 16.8. The molecule has 0 spiro atoms. The Morgan fingerprint density at radius 3 is 2.63 bits per heavy atom. The summed E-state index contributed by atoms with van der Waals surface area (Å²) in [4.78, 5) is 15.4. The Hall–Kier alpha value is -2.69. The van der Waals surface area contributed by atoms with Crippen LogP contribution in [-0.2, 0) is 0 Å². The quantitative estimate of drug-likeness (QED) is 0.772. The second-order valence-corrected chi connectivity index (χ2v) is 7.19. The minimum Gasteiger partial charge on any atom is -0.493 e. The van der Waals surface area contributed by atoms with Crippen molar-refractivity contribution in [2.75, 3.05) is 26.9 Å². The first-order valence-corrected chi connectivity index (χ1v) is 9.51. The molecule has 1 amide bonds. The number of hydrogen-bond acceptors (Lipinski definition) is 4. The lowest BCUT2D eigenvalue weighted by molar-refractivity contribution is 0.0678. The van der Waals surface area contributed by atoms with Crippen LogP contribution in [-0.4, -0.2) is 37.7 Å².